The largest absolute Gasteiger partial charge is 0.438 e. The lowest BCUT2D eigenvalue weighted by Gasteiger charge is -2.18. The highest BCUT2D eigenvalue weighted by atomic mass is 32.2. The number of aldehydes is 1. The van der Waals surface area contributed by atoms with Crippen LogP contribution < -0.4 is 4.90 Å². The van der Waals surface area contributed by atoms with Gasteiger partial charge < -0.3 is 9.32 Å². The molecule has 2 rings (SSSR count). The van der Waals surface area contributed by atoms with Gasteiger partial charge in [-0.2, -0.15) is 0 Å². The molecule has 0 saturated carbocycles. The molecule has 0 aromatic carbocycles. The van der Waals surface area contributed by atoms with E-state index in [2.05, 4.69) is 0 Å². The Balaban J connectivity index is 2.09. The van der Waals surface area contributed by atoms with Gasteiger partial charge in [-0.05, 0) is 12.5 Å². The molecule has 4 nitrogen and oxygen atoms in total. The van der Waals surface area contributed by atoms with Crippen molar-refractivity contribution in [2.45, 2.75) is 6.42 Å². The van der Waals surface area contributed by atoms with Gasteiger partial charge in [0.25, 0.3) is 0 Å². The van der Waals surface area contributed by atoms with Crippen LogP contribution in [0.3, 0.4) is 0 Å². The molecule has 1 aliphatic heterocycles. The second kappa shape index (κ2) is 4.61. The summed E-state index contributed by atoms with van der Waals surface area (Å²) in [5.74, 6) is 2.49. The molecule has 1 aromatic heterocycles. The number of carbonyl (C=O) groups excluding carboxylic acids is 1. The van der Waals surface area contributed by atoms with E-state index in [-0.39, 0.29) is 0 Å². The molecule has 2 heterocycles. The molecule has 1 fully saturated rings. The number of anilines is 1. The fourth-order valence-corrected chi connectivity index (χ4v) is 2.72. The van der Waals surface area contributed by atoms with Gasteiger partial charge in [-0.15, -0.1) is 0 Å². The highest BCUT2D eigenvalue weighted by Gasteiger charge is 2.16. The summed E-state index contributed by atoms with van der Waals surface area (Å²) >= 11 is 0. The lowest BCUT2D eigenvalue weighted by Crippen LogP contribution is -2.25. The number of rotatable bonds is 2. The Labute approximate surface area is 90.7 Å². The predicted octanol–water partition coefficient (Wildman–Crippen LogP) is 1.05. The monoisotopic (exact) mass is 227 g/mol. The number of hydrogen-bond acceptors (Lipinski definition) is 4. The minimum absolute atomic E-state index is 0.343. The molecule has 1 aromatic rings. The van der Waals surface area contributed by atoms with Crippen LogP contribution in [-0.4, -0.2) is 35.1 Å². The van der Waals surface area contributed by atoms with Gasteiger partial charge in [0, 0.05) is 41.5 Å². The molecule has 0 spiro atoms. The van der Waals surface area contributed by atoms with Crippen molar-refractivity contribution in [3.05, 3.63) is 17.9 Å². The maximum Gasteiger partial charge on any atom is 0.196 e. The zero-order valence-electron chi connectivity index (χ0n) is 8.35. The lowest BCUT2D eigenvalue weighted by atomic mass is 10.4. The van der Waals surface area contributed by atoms with Gasteiger partial charge in [0.05, 0.1) is 0 Å². The molecule has 5 heteroatoms. The average molecular weight is 227 g/mol. The number of nitrogens with zero attached hydrogens (tertiary/aromatic N) is 1. The second-order valence-electron chi connectivity index (χ2n) is 3.48. The zero-order valence-corrected chi connectivity index (χ0v) is 9.16. The van der Waals surface area contributed by atoms with Crippen LogP contribution >= 0.6 is 0 Å². The summed E-state index contributed by atoms with van der Waals surface area (Å²) in [5, 5.41) is 0. The molecule has 82 valence electrons. The van der Waals surface area contributed by atoms with Crippen LogP contribution in [0.5, 0.6) is 0 Å². The quantitative estimate of drug-likeness (QED) is 0.709. The van der Waals surface area contributed by atoms with E-state index in [1.54, 1.807) is 12.1 Å². The highest BCUT2D eigenvalue weighted by Crippen LogP contribution is 2.19. The molecule has 0 bridgehead atoms. The molecule has 0 N–H and O–H groups in total. The number of furan rings is 1. The minimum Gasteiger partial charge on any atom is -0.438 e. The summed E-state index contributed by atoms with van der Waals surface area (Å²) in [7, 11) is -0.700. The highest BCUT2D eigenvalue weighted by molar-refractivity contribution is 7.85. The molecule has 1 aliphatic rings. The Bertz CT molecular complexity index is 374. The second-order valence-corrected chi connectivity index (χ2v) is 5.18. The van der Waals surface area contributed by atoms with Gasteiger partial charge in [-0.25, -0.2) is 0 Å². The van der Waals surface area contributed by atoms with Crippen LogP contribution in [0.4, 0.5) is 5.88 Å². The number of carbonyl (C=O) groups is 1. The molecule has 1 saturated heterocycles. The van der Waals surface area contributed by atoms with Crippen molar-refractivity contribution in [2.24, 2.45) is 0 Å². The Hall–Kier alpha value is -1.10. The summed E-state index contributed by atoms with van der Waals surface area (Å²) in [5.41, 5.74) is 0. The molecule has 0 amide bonds. The fraction of sp³-hybridized carbons (Fsp3) is 0.500. The normalized spacial score (nSPS) is 22.4. The van der Waals surface area contributed by atoms with E-state index in [9.17, 15) is 9.00 Å². The van der Waals surface area contributed by atoms with Crippen LogP contribution in [0.1, 0.15) is 17.0 Å². The average Bonchev–Trinajstić information content (AvgIpc) is 2.62. The molecule has 15 heavy (non-hydrogen) atoms. The standard InChI is InChI=1S/C10H13NO3S/c12-8-9-2-3-10(14-9)11-4-1-6-15(13)7-5-11/h2-3,8H,1,4-7H2. The van der Waals surface area contributed by atoms with E-state index >= 15 is 0 Å². The van der Waals surface area contributed by atoms with Crippen molar-refractivity contribution in [3.63, 3.8) is 0 Å². The summed E-state index contributed by atoms with van der Waals surface area (Å²) < 4.78 is 16.6. The van der Waals surface area contributed by atoms with Crippen molar-refractivity contribution in [3.8, 4) is 0 Å². The Morgan fingerprint density at radius 2 is 2.20 bits per heavy atom. The Kier molecular flexibility index (Phi) is 3.20. The predicted molar refractivity (Wildman–Crippen MR) is 58.8 cm³/mol. The van der Waals surface area contributed by atoms with E-state index in [0.717, 1.165) is 25.3 Å². The van der Waals surface area contributed by atoms with E-state index < -0.39 is 10.8 Å². The smallest absolute Gasteiger partial charge is 0.196 e. The van der Waals surface area contributed by atoms with Crippen LogP contribution in [0.15, 0.2) is 16.5 Å². The van der Waals surface area contributed by atoms with Gasteiger partial charge in [0.2, 0.25) is 0 Å². The summed E-state index contributed by atoms with van der Waals surface area (Å²) in [6.07, 6.45) is 1.60. The first kappa shape index (κ1) is 10.4. The van der Waals surface area contributed by atoms with Crippen LogP contribution in [-0.2, 0) is 10.8 Å². The third-order valence-corrected chi connectivity index (χ3v) is 3.81. The van der Waals surface area contributed by atoms with Crippen LogP contribution in [0.25, 0.3) is 0 Å². The van der Waals surface area contributed by atoms with Crippen molar-refractivity contribution in [1.29, 1.82) is 0 Å². The van der Waals surface area contributed by atoms with E-state index in [1.807, 2.05) is 4.90 Å². The van der Waals surface area contributed by atoms with Crippen LogP contribution in [0, 0.1) is 0 Å². The third kappa shape index (κ3) is 2.47. The SMILES string of the molecule is O=Cc1ccc(N2CCCS(=O)CC2)o1. The van der Waals surface area contributed by atoms with Crippen molar-refractivity contribution >= 4 is 23.0 Å². The molecule has 0 radical (unpaired) electrons. The van der Waals surface area contributed by atoms with Crippen molar-refractivity contribution in [1.82, 2.24) is 0 Å². The first-order valence-corrected chi connectivity index (χ1v) is 6.43. The van der Waals surface area contributed by atoms with Gasteiger partial charge in [0.1, 0.15) is 0 Å². The Morgan fingerprint density at radius 1 is 1.33 bits per heavy atom. The lowest BCUT2D eigenvalue weighted by molar-refractivity contribution is 0.110. The number of hydrogen-bond donors (Lipinski definition) is 0. The van der Waals surface area contributed by atoms with Crippen molar-refractivity contribution < 1.29 is 13.4 Å². The third-order valence-electron chi connectivity index (χ3n) is 2.43. The van der Waals surface area contributed by atoms with E-state index in [4.69, 9.17) is 4.42 Å². The summed E-state index contributed by atoms with van der Waals surface area (Å²) in [4.78, 5) is 12.5. The summed E-state index contributed by atoms with van der Waals surface area (Å²) in [6, 6.07) is 3.45. The molecule has 1 atom stereocenters. The van der Waals surface area contributed by atoms with Gasteiger partial charge in [-0.3, -0.25) is 9.00 Å². The minimum atomic E-state index is -0.700. The van der Waals surface area contributed by atoms with E-state index in [0.29, 0.717) is 23.7 Å². The maximum absolute atomic E-state index is 11.3. The van der Waals surface area contributed by atoms with E-state index in [1.165, 1.54) is 0 Å². The molecular weight excluding hydrogens is 214 g/mol. The first-order valence-electron chi connectivity index (χ1n) is 4.94. The maximum atomic E-state index is 11.3. The van der Waals surface area contributed by atoms with Crippen LogP contribution in [0.2, 0.25) is 0 Å². The first-order chi connectivity index (χ1) is 7.29. The summed E-state index contributed by atoms with van der Waals surface area (Å²) in [6.45, 7) is 1.58. The van der Waals surface area contributed by atoms with Gasteiger partial charge in [0.15, 0.2) is 17.9 Å². The molecule has 1 unspecified atom stereocenters. The van der Waals surface area contributed by atoms with Gasteiger partial charge in [-0.1, -0.05) is 0 Å². The zero-order chi connectivity index (χ0) is 10.7. The van der Waals surface area contributed by atoms with Crippen molar-refractivity contribution in [2.75, 3.05) is 29.5 Å². The van der Waals surface area contributed by atoms with Gasteiger partial charge >= 0.3 is 0 Å². The Morgan fingerprint density at radius 3 is 2.93 bits per heavy atom. The topological polar surface area (TPSA) is 50.5 Å². The fourth-order valence-electron chi connectivity index (χ4n) is 1.64. The molecular formula is C10H13NO3S. The molecule has 0 aliphatic carbocycles.